The fourth-order valence-electron chi connectivity index (χ4n) is 5.88. The van der Waals surface area contributed by atoms with Gasteiger partial charge in [0, 0.05) is 44.8 Å². The minimum absolute atomic E-state index is 0. The number of carbonyl (C=O) groups is 2. The number of amides is 2. The summed E-state index contributed by atoms with van der Waals surface area (Å²) in [7, 11) is 11.4. The highest BCUT2D eigenvalue weighted by molar-refractivity contribution is 6.08. The van der Waals surface area contributed by atoms with Crippen molar-refractivity contribution < 1.29 is 29.6 Å². The fourth-order valence-corrected chi connectivity index (χ4v) is 5.88. The number of halogens is 1. The first-order chi connectivity index (χ1) is 22.7. The monoisotopic (exact) mass is 665 g/mol. The molecule has 0 saturated heterocycles. The van der Waals surface area contributed by atoms with E-state index in [1.807, 2.05) is 67.2 Å². The summed E-state index contributed by atoms with van der Waals surface area (Å²) in [5.41, 5.74) is 3.60. The minimum atomic E-state index is -0.809. The molecule has 0 saturated carbocycles. The van der Waals surface area contributed by atoms with Gasteiger partial charge in [0.15, 0.2) is 0 Å². The van der Waals surface area contributed by atoms with E-state index >= 15 is 0 Å². The van der Waals surface area contributed by atoms with Crippen molar-refractivity contribution in [2.24, 2.45) is 0 Å². The average molecular weight is 666 g/mol. The van der Waals surface area contributed by atoms with Crippen molar-refractivity contribution in [2.45, 2.75) is 45.8 Å². The van der Waals surface area contributed by atoms with E-state index in [0.717, 1.165) is 42.7 Å². The molecule has 2 amide bonds. The number of anilines is 2. The van der Waals surface area contributed by atoms with Gasteiger partial charge in [0.05, 0.1) is 18.5 Å². The molecule has 0 bridgehead atoms. The number of nitrogens with one attached hydrogen (secondary N) is 1. The molecule has 48 heavy (non-hydrogen) atoms. The lowest BCUT2D eigenvalue weighted by atomic mass is 9.91. The standard InChI is InChI=1S/C37H50FN5O5.H2/c1-25-12-13-26(38)22-32(25)47-24-30-28(16-17-31-34(30)42(8)35(44)37(2,3)39-31)29-15-14-27(23-33(29)46-9)48-36(45)43(20-10-18-40(4)5)21-11-19-41(6)7;/h12-17,22-23,39H,10-11,18-21,24H2,1-9H3;1H. The van der Waals surface area contributed by atoms with Crippen molar-refractivity contribution in [3.8, 4) is 28.4 Å². The second-order valence-electron chi connectivity index (χ2n) is 13.3. The van der Waals surface area contributed by atoms with Gasteiger partial charge in [-0.15, -0.1) is 0 Å². The van der Waals surface area contributed by atoms with Crippen molar-refractivity contribution in [2.75, 3.05) is 78.7 Å². The predicted octanol–water partition coefficient (Wildman–Crippen LogP) is 6.51. The molecule has 1 aliphatic rings. The Morgan fingerprint density at radius 2 is 1.56 bits per heavy atom. The molecule has 0 aliphatic carbocycles. The van der Waals surface area contributed by atoms with Crippen LogP contribution in [-0.2, 0) is 11.4 Å². The fraction of sp³-hybridized carbons (Fsp3) is 0.459. The number of hydrogen-bond donors (Lipinski definition) is 1. The molecule has 1 aliphatic heterocycles. The number of rotatable bonds is 14. The Labute approximate surface area is 285 Å². The number of fused-ring (bicyclic) bond motifs is 1. The molecular formula is C37H52FN5O5. The maximum Gasteiger partial charge on any atom is 0.415 e. The van der Waals surface area contributed by atoms with E-state index in [-0.39, 0.29) is 13.9 Å². The van der Waals surface area contributed by atoms with Gasteiger partial charge in [-0.05, 0) is 110 Å². The Hall–Kier alpha value is -4.35. The Balaban J connectivity index is 0.00000650. The second kappa shape index (κ2) is 15.7. The number of aryl methyl sites for hydroxylation is 1. The van der Waals surface area contributed by atoms with E-state index in [1.54, 1.807) is 42.2 Å². The number of likely N-dealkylation sites (N-methyl/N-ethyl adjacent to an activating group) is 1. The predicted molar refractivity (Wildman–Crippen MR) is 191 cm³/mol. The van der Waals surface area contributed by atoms with Crippen LogP contribution < -0.4 is 24.4 Å². The molecule has 0 spiro atoms. The molecule has 11 heteroatoms. The molecule has 262 valence electrons. The van der Waals surface area contributed by atoms with Crippen LogP contribution in [0.1, 0.15) is 39.2 Å². The average Bonchev–Trinajstić information content (AvgIpc) is 3.02. The summed E-state index contributed by atoms with van der Waals surface area (Å²) in [6.07, 6.45) is 1.24. The molecule has 4 rings (SSSR count). The molecular weight excluding hydrogens is 613 g/mol. The smallest absolute Gasteiger partial charge is 0.415 e. The molecule has 1 N–H and O–H groups in total. The van der Waals surface area contributed by atoms with E-state index in [4.69, 9.17) is 14.2 Å². The van der Waals surface area contributed by atoms with Gasteiger partial charge < -0.3 is 39.1 Å². The van der Waals surface area contributed by atoms with E-state index in [1.165, 1.54) is 12.1 Å². The van der Waals surface area contributed by atoms with Crippen LogP contribution in [-0.4, -0.2) is 101 Å². The van der Waals surface area contributed by atoms with Gasteiger partial charge in [-0.2, -0.15) is 0 Å². The van der Waals surface area contributed by atoms with E-state index in [9.17, 15) is 14.0 Å². The summed E-state index contributed by atoms with van der Waals surface area (Å²) in [5, 5.41) is 3.36. The molecule has 1 heterocycles. The molecule has 0 aromatic heterocycles. The quantitative estimate of drug-likeness (QED) is 0.209. The Morgan fingerprint density at radius 3 is 2.19 bits per heavy atom. The Kier molecular flexibility index (Phi) is 11.9. The molecule has 10 nitrogen and oxygen atoms in total. The van der Waals surface area contributed by atoms with E-state index in [0.29, 0.717) is 47.2 Å². The number of ether oxygens (including phenoxy) is 3. The van der Waals surface area contributed by atoms with Gasteiger partial charge in [0.2, 0.25) is 0 Å². The first-order valence-electron chi connectivity index (χ1n) is 16.3. The van der Waals surface area contributed by atoms with Crippen LogP contribution in [0.5, 0.6) is 17.2 Å². The van der Waals surface area contributed by atoms with Gasteiger partial charge in [-0.3, -0.25) is 4.79 Å². The van der Waals surface area contributed by atoms with Gasteiger partial charge >= 0.3 is 6.09 Å². The summed E-state index contributed by atoms with van der Waals surface area (Å²) in [6, 6.07) is 13.6. The molecule has 0 fully saturated rings. The number of methoxy groups -OCH3 is 1. The summed E-state index contributed by atoms with van der Waals surface area (Å²) >= 11 is 0. The highest BCUT2D eigenvalue weighted by Gasteiger charge is 2.39. The highest BCUT2D eigenvalue weighted by atomic mass is 19.1. The highest BCUT2D eigenvalue weighted by Crippen LogP contribution is 2.45. The van der Waals surface area contributed by atoms with Crippen molar-refractivity contribution in [1.82, 2.24) is 14.7 Å². The zero-order chi connectivity index (χ0) is 35.2. The van der Waals surface area contributed by atoms with E-state index in [2.05, 4.69) is 15.1 Å². The summed E-state index contributed by atoms with van der Waals surface area (Å²) < 4.78 is 32.1. The normalized spacial score (nSPS) is 13.8. The first kappa shape index (κ1) is 36.5. The summed E-state index contributed by atoms with van der Waals surface area (Å²) in [5.74, 6) is 0.736. The molecule has 3 aromatic carbocycles. The van der Waals surface area contributed by atoms with Gasteiger partial charge in [0.1, 0.15) is 35.2 Å². The van der Waals surface area contributed by atoms with Crippen LogP contribution >= 0.6 is 0 Å². The topological polar surface area (TPSA) is 86.8 Å². The molecule has 3 aromatic rings. The third kappa shape index (κ3) is 8.76. The molecule has 0 atom stereocenters. The zero-order valence-electron chi connectivity index (χ0n) is 29.8. The number of carbonyl (C=O) groups excluding carboxylic acids is 2. The van der Waals surface area contributed by atoms with Crippen molar-refractivity contribution >= 4 is 23.4 Å². The molecule has 0 unspecified atom stereocenters. The lowest BCUT2D eigenvalue weighted by molar-refractivity contribution is -0.121. The molecule has 0 radical (unpaired) electrons. The third-order valence-electron chi connectivity index (χ3n) is 8.42. The third-order valence-corrected chi connectivity index (χ3v) is 8.42. The summed E-state index contributed by atoms with van der Waals surface area (Å²) in [6.45, 7) is 8.47. The van der Waals surface area contributed by atoms with Crippen molar-refractivity contribution in [3.63, 3.8) is 0 Å². The second-order valence-corrected chi connectivity index (χ2v) is 13.3. The number of hydrogen-bond acceptors (Lipinski definition) is 8. The van der Waals surface area contributed by atoms with Crippen LogP contribution in [0.2, 0.25) is 0 Å². The number of benzene rings is 3. The maximum absolute atomic E-state index is 14.1. The Morgan fingerprint density at radius 1 is 0.917 bits per heavy atom. The van der Waals surface area contributed by atoms with Crippen LogP contribution in [0.3, 0.4) is 0 Å². The summed E-state index contributed by atoms with van der Waals surface area (Å²) in [4.78, 5) is 34.3. The lowest BCUT2D eigenvalue weighted by Crippen LogP contribution is -2.52. The largest absolute Gasteiger partial charge is 0.496 e. The first-order valence-corrected chi connectivity index (χ1v) is 16.3. The van der Waals surface area contributed by atoms with E-state index < -0.39 is 17.4 Å². The van der Waals surface area contributed by atoms with Crippen LogP contribution in [0, 0.1) is 12.7 Å². The van der Waals surface area contributed by atoms with Crippen LogP contribution in [0.15, 0.2) is 48.5 Å². The zero-order valence-corrected chi connectivity index (χ0v) is 29.8. The van der Waals surface area contributed by atoms with Crippen LogP contribution in [0.4, 0.5) is 20.6 Å². The number of nitrogens with zero attached hydrogens (tertiary/aromatic N) is 4. The van der Waals surface area contributed by atoms with Crippen molar-refractivity contribution in [1.29, 1.82) is 0 Å². The minimum Gasteiger partial charge on any atom is -0.496 e. The van der Waals surface area contributed by atoms with Gasteiger partial charge in [-0.25, -0.2) is 9.18 Å². The SMILES string of the molecule is COc1cc(OC(=O)N(CCCN(C)C)CCCN(C)C)ccc1-c1ccc2c(c1COc1cc(F)ccc1C)N(C)C(=O)C(C)(C)N2.[HH]. The van der Waals surface area contributed by atoms with Crippen molar-refractivity contribution in [3.05, 3.63) is 65.5 Å². The van der Waals surface area contributed by atoms with Gasteiger partial charge in [-0.1, -0.05) is 12.1 Å². The van der Waals surface area contributed by atoms with Gasteiger partial charge in [0.25, 0.3) is 5.91 Å². The Bertz CT molecular complexity index is 1600. The maximum atomic E-state index is 14.1. The lowest BCUT2D eigenvalue weighted by Gasteiger charge is -2.39. The van der Waals surface area contributed by atoms with Crippen LogP contribution in [0.25, 0.3) is 11.1 Å².